The summed E-state index contributed by atoms with van der Waals surface area (Å²) in [5.41, 5.74) is 1.05. The van der Waals surface area contributed by atoms with Crippen molar-refractivity contribution in [3.05, 3.63) is 53.1 Å². The molecule has 0 saturated carbocycles. The topological polar surface area (TPSA) is 70.5 Å². The fraction of sp³-hybridized carbons (Fsp3) is 0.522. The van der Waals surface area contributed by atoms with Crippen molar-refractivity contribution in [2.75, 3.05) is 19.6 Å². The van der Waals surface area contributed by atoms with Crippen molar-refractivity contribution in [3.63, 3.8) is 0 Å². The zero-order valence-corrected chi connectivity index (χ0v) is 18.6. The Morgan fingerprint density at radius 3 is 2.55 bits per heavy atom. The van der Waals surface area contributed by atoms with Crippen LogP contribution < -0.4 is 5.32 Å². The monoisotopic (exact) mass is 427 g/mol. The van der Waals surface area contributed by atoms with Crippen LogP contribution in [0.25, 0.3) is 0 Å². The molecule has 7 nitrogen and oxygen atoms in total. The quantitative estimate of drug-likeness (QED) is 0.818. The predicted octanol–water partition coefficient (Wildman–Crippen LogP) is 2.65. The summed E-state index contributed by atoms with van der Waals surface area (Å²) in [6.45, 7) is 9.45. The van der Waals surface area contributed by atoms with Gasteiger partial charge in [-0.1, -0.05) is 18.2 Å². The second-order valence-corrected chi connectivity index (χ2v) is 9.50. The Bertz CT molecular complexity index is 1000. The number of halogens is 1. The molecule has 2 saturated heterocycles. The summed E-state index contributed by atoms with van der Waals surface area (Å²) >= 11 is 0. The number of hydrogen-bond acceptors (Lipinski definition) is 4. The summed E-state index contributed by atoms with van der Waals surface area (Å²) < 4.78 is 16.0. The molecule has 0 bridgehead atoms. The number of nitrogens with zero attached hydrogens (tertiary/aromatic N) is 4. The Hall–Kier alpha value is -2.74. The van der Waals surface area contributed by atoms with Gasteiger partial charge in [-0.15, -0.1) is 0 Å². The molecule has 0 radical (unpaired) electrons. The third-order valence-electron chi connectivity index (χ3n) is 6.24. The number of aromatic nitrogens is 2. The van der Waals surface area contributed by atoms with E-state index in [9.17, 15) is 14.0 Å². The molecule has 2 amide bonds. The van der Waals surface area contributed by atoms with E-state index >= 15 is 0 Å². The summed E-state index contributed by atoms with van der Waals surface area (Å²) in [7, 11) is 0. The number of carbonyl (C=O) groups excluding carboxylic acids is 2. The second kappa shape index (κ2) is 7.75. The Morgan fingerprint density at radius 1 is 1.23 bits per heavy atom. The van der Waals surface area contributed by atoms with Gasteiger partial charge in [0.1, 0.15) is 11.5 Å². The van der Waals surface area contributed by atoms with Crippen LogP contribution >= 0.6 is 0 Å². The van der Waals surface area contributed by atoms with Crippen LogP contribution in [0.2, 0.25) is 0 Å². The highest BCUT2D eigenvalue weighted by Gasteiger charge is 2.47. The number of rotatable bonds is 3. The molecule has 166 valence electrons. The minimum atomic E-state index is -0.545. The number of carbonyl (C=O) groups is 2. The first kappa shape index (κ1) is 21.5. The van der Waals surface area contributed by atoms with Gasteiger partial charge in [0, 0.05) is 31.5 Å². The third-order valence-corrected chi connectivity index (χ3v) is 6.24. The Balaban J connectivity index is 1.50. The molecule has 2 aliphatic rings. The molecule has 0 atom stereocenters. The largest absolute Gasteiger partial charge is 0.337 e. The average molecular weight is 428 g/mol. The molecule has 0 aliphatic carbocycles. The van der Waals surface area contributed by atoms with E-state index in [1.807, 2.05) is 38.7 Å². The fourth-order valence-electron chi connectivity index (χ4n) is 4.56. The van der Waals surface area contributed by atoms with Crippen LogP contribution in [0.1, 0.15) is 55.4 Å². The normalized spacial score (nSPS) is 18.8. The first-order chi connectivity index (χ1) is 14.6. The van der Waals surface area contributed by atoms with Crippen LogP contribution in [-0.4, -0.2) is 56.7 Å². The average Bonchev–Trinajstić information content (AvgIpc) is 3.26. The second-order valence-electron chi connectivity index (χ2n) is 9.50. The molecule has 1 aromatic carbocycles. The van der Waals surface area contributed by atoms with Gasteiger partial charge in [0.15, 0.2) is 0 Å². The molecular formula is C23H30FN5O2. The zero-order valence-electron chi connectivity index (χ0n) is 18.6. The number of amides is 2. The predicted molar refractivity (Wildman–Crippen MR) is 115 cm³/mol. The lowest BCUT2D eigenvalue weighted by Gasteiger charge is -2.44. The van der Waals surface area contributed by atoms with Crippen LogP contribution in [-0.2, 0) is 16.9 Å². The van der Waals surface area contributed by atoms with E-state index in [0.29, 0.717) is 37.2 Å². The van der Waals surface area contributed by atoms with E-state index in [4.69, 9.17) is 0 Å². The van der Waals surface area contributed by atoms with Crippen molar-refractivity contribution in [2.24, 2.45) is 0 Å². The molecule has 1 N–H and O–H groups in total. The summed E-state index contributed by atoms with van der Waals surface area (Å²) in [4.78, 5) is 29.5. The zero-order chi connectivity index (χ0) is 22.4. The third kappa shape index (κ3) is 3.96. The first-order valence-electron chi connectivity index (χ1n) is 10.8. The maximum atomic E-state index is 14.2. The Morgan fingerprint density at radius 2 is 1.90 bits per heavy atom. The van der Waals surface area contributed by atoms with Crippen molar-refractivity contribution in [2.45, 2.75) is 58.3 Å². The molecule has 2 aliphatic heterocycles. The maximum Gasteiger partial charge on any atom is 0.272 e. The summed E-state index contributed by atoms with van der Waals surface area (Å²) in [5, 5.41) is 7.86. The van der Waals surface area contributed by atoms with E-state index in [1.165, 1.54) is 6.07 Å². The van der Waals surface area contributed by atoms with Gasteiger partial charge in [-0.3, -0.25) is 19.6 Å². The van der Waals surface area contributed by atoms with Crippen LogP contribution in [0, 0.1) is 12.7 Å². The van der Waals surface area contributed by atoms with E-state index < -0.39 is 5.66 Å². The van der Waals surface area contributed by atoms with E-state index in [0.717, 1.165) is 5.69 Å². The minimum absolute atomic E-state index is 0.0375. The van der Waals surface area contributed by atoms with Crippen LogP contribution in [0.4, 0.5) is 4.39 Å². The maximum absolute atomic E-state index is 14.2. The van der Waals surface area contributed by atoms with Gasteiger partial charge in [0.2, 0.25) is 5.91 Å². The number of nitrogens with one attached hydrogen (secondary N) is 1. The van der Waals surface area contributed by atoms with Crippen molar-refractivity contribution < 1.29 is 14.0 Å². The number of likely N-dealkylation sites (tertiary alicyclic amines) is 1. The highest BCUT2D eigenvalue weighted by atomic mass is 19.1. The van der Waals surface area contributed by atoms with Gasteiger partial charge in [0.05, 0.1) is 30.0 Å². The Kier molecular flexibility index (Phi) is 5.37. The molecule has 4 rings (SSSR count). The molecule has 31 heavy (non-hydrogen) atoms. The number of piperidine rings is 1. The standard InChI is InChI=1S/C23H30FN5O2/c1-16-13-19(29(26-16)22(2,3)4)21(31)27-11-9-23(10-12-27)25-14-20(30)28(23)15-17-7-5-6-8-18(17)24/h5-8,13,25H,9-12,14-15H2,1-4H3. The molecular weight excluding hydrogens is 397 g/mol. The fourth-order valence-corrected chi connectivity index (χ4v) is 4.56. The van der Waals surface area contributed by atoms with E-state index in [-0.39, 0.29) is 36.3 Å². The first-order valence-corrected chi connectivity index (χ1v) is 10.8. The van der Waals surface area contributed by atoms with Crippen LogP contribution in [0.15, 0.2) is 30.3 Å². The number of aryl methyl sites for hydroxylation is 1. The van der Waals surface area contributed by atoms with Gasteiger partial charge in [-0.25, -0.2) is 4.39 Å². The van der Waals surface area contributed by atoms with Gasteiger partial charge in [-0.2, -0.15) is 5.10 Å². The SMILES string of the molecule is Cc1cc(C(=O)N2CCC3(CC2)NCC(=O)N3Cc2ccccc2F)n(C(C)(C)C)n1. The lowest BCUT2D eigenvalue weighted by molar-refractivity contribution is -0.132. The smallest absolute Gasteiger partial charge is 0.272 e. The molecule has 3 heterocycles. The lowest BCUT2D eigenvalue weighted by Crippen LogP contribution is -2.59. The van der Waals surface area contributed by atoms with E-state index in [2.05, 4.69) is 10.4 Å². The molecule has 8 heteroatoms. The van der Waals surface area contributed by atoms with Crippen LogP contribution in [0.3, 0.4) is 0 Å². The van der Waals surface area contributed by atoms with Gasteiger partial charge >= 0.3 is 0 Å². The van der Waals surface area contributed by atoms with Crippen molar-refractivity contribution in [3.8, 4) is 0 Å². The summed E-state index contributed by atoms with van der Waals surface area (Å²) in [5.74, 6) is -0.393. The van der Waals surface area contributed by atoms with Gasteiger partial charge < -0.3 is 9.80 Å². The van der Waals surface area contributed by atoms with Crippen LogP contribution in [0.5, 0.6) is 0 Å². The molecule has 1 aromatic heterocycles. The highest BCUT2D eigenvalue weighted by molar-refractivity contribution is 5.93. The Labute approximate surface area is 182 Å². The molecule has 2 aromatic rings. The highest BCUT2D eigenvalue weighted by Crippen LogP contribution is 2.33. The molecule has 1 spiro atoms. The summed E-state index contributed by atoms with van der Waals surface area (Å²) in [6.07, 6.45) is 1.20. The van der Waals surface area contributed by atoms with Crippen molar-refractivity contribution in [1.82, 2.24) is 24.9 Å². The molecule has 0 unspecified atom stereocenters. The van der Waals surface area contributed by atoms with Crippen molar-refractivity contribution in [1.29, 1.82) is 0 Å². The van der Waals surface area contributed by atoms with E-state index in [1.54, 1.807) is 27.8 Å². The van der Waals surface area contributed by atoms with Gasteiger partial charge in [0.25, 0.3) is 5.91 Å². The minimum Gasteiger partial charge on any atom is -0.337 e. The lowest BCUT2D eigenvalue weighted by atomic mass is 9.95. The number of hydrogen-bond donors (Lipinski definition) is 1. The summed E-state index contributed by atoms with van der Waals surface area (Å²) in [6, 6.07) is 8.38. The van der Waals surface area contributed by atoms with Gasteiger partial charge in [-0.05, 0) is 39.8 Å². The molecule has 2 fully saturated rings. The number of benzene rings is 1. The van der Waals surface area contributed by atoms with Crippen molar-refractivity contribution >= 4 is 11.8 Å².